The zero-order valence-corrected chi connectivity index (χ0v) is 13.0. The van der Waals surface area contributed by atoms with Crippen LogP contribution in [-0.2, 0) is 17.6 Å². The summed E-state index contributed by atoms with van der Waals surface area (Å²) in [4.78, 5) is 15.5. The molecule has 0 radical (unpaired) electrons. The molecule has 114 valence electrons. The fourth-order valence-electron chi connectivity index (χ4n) is 2.72. The third kappa shape index (κ3) is 3.22. The van der Waals surface area contributed by atoms with Crippen LogP contribution in [0.25, 0.3) is 0 Å². The molecule has 0 fully saturated rings. The SMILES string of the molecule is COC(=O)c1ccc2c(c1)CCC(Oc1ccnc(Cl)c1)C2. The summed E-state index contributed by atoms with van der Waals surface area (Å²) < 4.78 is 10.7. The number of benzene rings is 1. The van der Waals surface area contributed by atoms with E-state index in [1.54, 1.807) is 18.3 Å². The Morgan fingerprint density at radius 1 is 1.27 bits per heavy atom. The molecule has 1 atom stereocenters. The molecule has 0 saturated heterocycles. The molecule has 0 spiro atoms. The van der Waals surface area contributed by atoms with Crippen LogP contribution in [0.3, 0.4) is 0 Å². The van der Waals surface area contributed by atoms with Crippen LogP contribution in [0.4, 0.5) is 0 Å². The van der Waals surface area contributed by atoms with Crippen LogP contribution in [-0.4, -0.2) is 24.2 Å². The number of hydrogen-bond acceptors (Lipinski definition) is 4. The summed E-state index contributed by atoms with van der Waals surface area (Å²) in [6.45, 7) is 0. The highest BCUT2D eigenvalue weighted by Crippen LogP contribution is 2.26. The maximum Gasteiger partial charge on any atom is 0.337 e. The molecule has 1 aliphatic carbocycles. The summed E-state index contributed by atoms with van der Waals surface area (Å²) in [7, 11) is 1.39. The number of fused-ring (bicyclic) bond motifs is 1. The molecule has 1 heterocycles. The zero-order chi connectivity index (χ0) is 15.5. The van der Waals surface area contributed by atoms with Gasteiger partial charge < -0.3 is 9.47 Å². The minimum atomic E-state index is -0.299. The molecule has 0 aliphatic heterocycles. The van der Waals surface area contributed by atoms with Gasteiger partial charge >= 0.3 is 5.97 Å². The van der Waals surface area contributed by atoms with Crippen molar-refractivity contribution in [2.24, 2.45) is 0 Å². The Hall–Kier alpha value is -2.07. The van der Waals surface area contributed by atoms with E-state index >= 15 is 0 Å². The van der Waals surface area contributed by atoms with Crippen molar-refractivity contribution in [3.63, 3.8) is 0 Å². The highest BCUT2D eigenvalue weighted by molar-refractivity contribution is 6.29. The summed E-state index contributed by atoms with van der Waals surface area (Å²) in [5, 5.41) is 0.427. The second-order valence-corrected chi connectivity index (χ2v) is 5.66. The number of carbonyl (C=O) groups is 1. The average molecular weight is 318 g/mol. The van der Waals surface area contributed by atoms with Crippen molar-refractivity contribution >= 4 is 17.6 Å². The number of methoxy groups -OCH3 is 1. The van der Waals surface area contributed by atoms with Gasteiger partial charge in [0.25, 0.3) is 0 Å². The highest BCUT2D eigenvalue weighted by Gasteiger charge is 2.21. The first-order chi connectivity index (χ1) is 10.7. The summed E-state index contributed by atoms with van der Waals surface area (Å²) in [5.41, 5.74) is 3.00. The van der Waals surface area contributed by atoms with E-state index in [-0.39, 0.29) is 12.1 Å². The number of hydrogen-bond donors (Lipinski definition) is 0. The number of nitrogens with zero attached hydrogens (tertiary/aromatic N) is 1. The zero-order valence-electron chi connectivity index (χ0n) is 12.2. The maximum atomic E-state index is 11.6. The van der Waals surface area contributed by atoms with Crippen molar-refractivity contribution in [1.29, 1.82) is 0 Å². The van der Waals surface area contributed by atoms with E-state index in [2.05, 4.69) is 4.98 Å². The molecule has 4 nitrogen and oxygen atoms in total. The number of halogens is 1. The van der Waals surface area contributed by atoms with Crippen molar-refractivity contribution in [1.82, 2.24) is 4.98 Å². The topological polar surface area (TPSA) is 48.4 Å². The fourth-order valence-corrected chi connectivity index (χ4v) is 2.88. The molecule has 1 aromatic heterocycles. The lowest BCUT2D eigenvalue weighted by molar-refractivity contribution is 0.0600. The van der Waals surface area contributed by atoms with Gasteiger partial charge in [-0.25, -0.2) is 9.78 Å². The van der Waals surface area contributed by atoms with Crippen LogP contribution in [0.15, 0.2) is 36.5 Å². The van der Waals surface area contributed by atoms with Gasteiger partial charge in [0.05, 0.1) is 12.7 Å². The quantitative estimate of drug-likeness (QED) is 0.642. The standard InChI is InChI=1S/C17H16ClNO3/c1-21-17(20)13-3-2-12-9-14(5-4-11(12)8-13)22-15-6-7-19-16(18)10-15/h2-3,6-8,10,14H,4-5,9H2,1H3. The molecule has 1 aliphatic rings. The van der Waals surface area contributed by atoms with E-state index in [0.717, 1.165) is 25.0 Å². The molecule has 1 aromatic carbocycles. The second-order valence-electron chi connectivity index (χ2n) is 5.27. The van der Waals surface area contributed by atoms with Crippen LogP contribution >= 0.6 is 11.6 Å². The third-order valence-electron chi connectivity index (χ3n) is 3.81. The van der Waals surface area contributed by atoms with Crippen molar-refractivity contribution in [2.75, 3.05) is 7.11 Å². The minimum absolute atomic E-state index is 0.106. The van der Waals surface area contributed by atoms with Gasteiger partial charge in [0, 0.05) is 18.7 Å². The predicted octanol–water partition coefficient (Wildman–Crippen LogP) is 3.46. The number of aromatic nitrogens is 1. The first-order valence-electron chi connectivity index (χ1n) is 7.14. The number of aryl methyl sites for hydroxylation is 1. The van der Waals surface area contributed by atoms with Crippen LogP contribution in [0.1, 0.15) is 27.9 Å². The van der Waals surface area contributed by atoms with E-state index in [1.165, 1.54) is 18.2 Å². The first kappa shape index (κ1) is 14.9. The smallest absolute Gasteiger partial charge is 0.337 e. The first-order valence-corrected chi connectivity index (χ1v) is 7.52. The van der Waals surface area contributed by atoms with Gasteiger partial charge in [0.2, 0.25) is 0 Å². The monoisotopic (exact) mass is 317 g/mol. The summed E-state index contributed by atoms with van der Waals surface area (Å²) >= 11 is 5.87. The van der Waals surface area contributed by atoms with Crippen LogP contribution in [0.5, 0.6) is 5.75 Å². The number of pyridine rings is 1. The lowest BCUT2D eigenvalue weighted by Gasteiger charge is -2.26. The van der Waals surface area contributed by atoms with E-state index in [1.807, 2.05) is 18.2 Å². The van der Waals surface area contributed by atoms with Gasteiger partial charge in [-0.3, -0.25) is 0 Å². The van der Waals surface area contributed by atoms with Gasteiger partial charge in [-0.2, -0.15) is 0 Å². The summed E-state index contributed by atoms with van der Waals surface area (Å²) in [6, 6.07) is 9.23. The van der Waals surface area contributed by atoms with Crippen molar-refractivity contribution < 1.29 is 14.3 Å². The van der Waals surface area contributed by atoms with Crippen molar-refractivity contribution in [3.8, 4) is 5.75 Å². The normalized spacial score (nSPS) is 16.7. The molecule has 0 N–H and O–H groups in total. The maximum absolute atomic E-state index is 11.6. The number of rotatable bonds is 3. The van der Waals surface area contributed by atoms with Gasteiger partial charge in [0.15, 0.2) is 0 Å². The molecule has 22 heavy (non-hydrogen) atoms. The number of carbonyl (C=O) groups excluding carboxylic acids is 1. The fraction of sp³-hybridized carbons (Fsp3) is 0.294. The minimum Gasteiger partial charge on any atom is -0.490 e. The highest BCUT2D eigenvalue weighted by atomic mass is 35.5. The van der Waals surface area contributed by atoms with Crippen LogP contribution in [0.2, 0.25) is 5.15 Å². The lowest BCUT2D eigenvalue weighted by Crippen LogP contribution is -2.25. The predicted molar refractivity (Wildman–Crippen MR) is 83.5 cm³/mol. The largest absolute Gasteiger partial charge is 0.490 e. The Kier molecular flexibility index (Phi) is 4.29. The molecule has 0 amide bonds. The lowest BCUT2D eigenvalue weighted by atomic mass is 9.88. The van der Waals surface area contributed by atoms with Gasteiger partial charge in [-0.15, -0.1) is 0 Å². The Bertz CT molecular complexity index is 702. The summed E-state index contributed by atoms with van der Waals surface area (Å²) in [5.74, 6) is 0.437. The molecule has 5 heteroatoms. The Morgan fingerprint density at radius 3 is 2.91 bits per heavy atom. The van der Waals surface area contributed by atoms with Crippen LogP contribution < -0.4 is 4.74 Å². The molecule has 2 aromatic rings. The van der Waals surface area contributed by atoms with E-state index < -0.39 is 0 Å². The number of esters is 1. The van der Waals surface area contributed by atoms with E-state index in [4.69, 9.17) is 21.1 Å². The molecule has 3 rings (SSSR count). The van der Waals surface area contributed by atoms with E-state index in [9.17, 15) is 4.79 Å². The Morgan fingerprint density at radius 2 is 2.14 bits per heavy atom. The molecular weight excluding hydrogens is 302 g/mol. The Labute approximate surface area is 134 Å². The Balaban J connectivity index is 1.73. The van der Waals surface area contributed by atoms with Gasteiger partial charge in [-0.1, -0.05) is 17.7 Å². The van der Waals surface area contributed by atoms with Gasteiger partial charge in [0.1, 0.15) is 17.0 Å². The van der Waals surface area contributed by atoms with Gasteiger partial charge in [-0.05, 0) is 42.2 Å². The summed E-state index contributed by atoms with van der Waals surface area (Å²) in [6.07, 6.45) is 4.34. The third-order valence-corrected chi connectivity index (χ3v) is 4.02. The molecule has 0 bridgehead atoms. The molecule has 1 unspecified atom stereocenters. The average Bonchev–Trinajstić information content (AvgIpc) is 2.53. The van der Waals surface area contributed by atoms with Crippen LogP contribution in [0, 0.1) is 0 Å². The van der Waals surface area contributed by atoms with Crippen molar-refractivity contribution in [3.05, 3.63) is 58.4 Å². The number of ether oxygens (including phenoxy) is 2. The van der Waals surface area contributed by atoms with Crippen molar-refractivity contribution in [2.45, 2.75) is 25.4 Å². The second kappa shape index (κ2) is 6.36. The molecule has 0 saturated carbocycles. The molecular formula is C17H16ClNO3. The van der Waals surface area contributed by atoms with E-state index in [0.29, 0.717) is 10.7 Å².